The SMILES string of the molecule is Cc1c(-c2ccnn2-c2ccc(C#N)cc2)n(C(=O)NC2CCC3(CC2)C[C@@H]3[N+](C)(C)Cc2ccccc2)c(=O)n1-c1cccc(C(F)(F)F)c1. The quantitative estimate of drug-likeness (QED) is 0.182. The third kappa shape index (κ3) is 6.38. The van der Waals surface area contributed by atoms with Gasteiger partial charge in [-0.2, -0.15) is 23.5 Å². The van der Waals surface area contributed by atoms with Crippen molar-refractivity contribution in [3.05, 3.63) is 124 Å². The van der Waals surface area contributed by atoms with E-state index in [1.165, 1.54) is 28.6 Å². The number of hydrogen-bond acceptors (Lipinski definition) is 4. The molecule has 262 valence electrons. The molecule has 1 spiro atoms. The number of aromatic nitrogens is 4. The molecule has 2 heterocycles. The Bertz CT molecular complexity index is 2180. The van der Waals surface area contributed by atoms with Gasteiger partial charge in [0.05, 0.1) is 66.3 Å². The molecule has 2 fully saturated rings. The van der Waals surface area contributed by atoms with Gasteiger partial charge in [0.1, 0.15) is 12.2 Å². The number of carbonyl (C=O) groups excluding carboxylic acids is 1. The Morgan fingerprint density at radius 1 is 1.00 bits per heavy atom. The topological polar surface area (TPSA) is 97.6 Å². The molecular weight excluding hydrogens is 655 g/mol. The van der Waals surface area contributed by atoms with Crippen LogP contribution in [0.5, 0.6) is 0 Å². The van der Waals surface area contributed by atoms with Gasteiger partial charge >= 0.3 is 17.9 Å². The van der Waals surface area contributed by atoms with Gasteiger partial charge in [-0.05, 0) is 81.1 Å². The van der Waals surface area contributed by atoms with Crippen LogP contribution in [0, 0.1) is 23.7 Å². The van der Waals surface area contributed by atoms with E-state index in [2.05, 4.69) is 54.8 Å². The Hall–Kier alpha value is -5.41. The van der Waals surface area contributed by atoms with Crippen molar-refractivity contribution < 1.29 is 22.4 Å². The first-order valence-corrected chi connectivity index (χ1v) is 17.1. The summed E-state index contributed by atoms with van der Waals surface area (Å²) < 4.78 is 45.8. The van der Waals surface area contributed by atoms with Gasteiger partial charge in [0.15, 0.2) is 0 Å². The van der Waals surface area contributed by atoms with E-state index in [4.69, 9.17) is 0 Å². The number of carbonyl (C=O) groups is 1. The first kappa shape index (κ1) is 34.1. The second kappa shape index (κ2) is 12.7. The average Bonchev–Trinajstić information content (AvgIpc) is 3.49. The van der Waals surface area contributed by atoms with E-state index in [1.54, 1.807) is 37.3 Å². The lowest BCUT2D eigenvalue weighted by molar-refractivity contribution is -0.917. The predicted octanol–water partition coefficient (Wildman–Crippen LogP) is 7.23. The van der Waals surface area contributed by atoms with Crippen LogP contribution < -0.4 is 11.0 Å². The number of nitriles is 1. The molecule has 1 atom stereocenters. The van der Waals surface area contributed by atoms with Gasteiger partial charge in [-0.25, -0.2) is 18.8 Å². The molecule has 1 N–H and O–H groups in total. The molecule has 2 aliphatic rings. The molecule has 5 aromatic rings. The number of halogens is 3. The largest absolute Gasteiger partial charge is 0.416 e. The van der Waals surface area contributed by atoms with Crippen molar-refractivity contribution >= 4 is 6.03 Å². The highest BCUT2D eigenvalue weighted by Gasteiger charge is 2.63. The van der Waals surface area contributed by atoms with E-state index in [1.807, 2.05) is 6.07 Å². The van der Waals surface area contributed by atoms with Crippen LogP contribution in [0.4, 0.5) is 18.0 Å². The highest BCUT2D eigenvalue weighted by Crippen LogP contribution is 2.60. The van der Waals surface area contributed by atoms with Crippen molar-refractivity contribution in [2.45, 2.75) is 63.8 Å². The second-order valence-electron chi connectivity index (χ2n) is 14.5. The molecule has 2 aliphatic carbocycles. The summed E-state index contributed by atoms with van der Waals surface area (Å²) in [5.41, 5.74) is 1.69. The van der Waals surface area contributed by atoms with E-state index in [0.29, 0.717) is 23.0 Å². The zero-order valence-electron chi connectivity index (χ0n) is 28.7. The molecule has 0 bridgehead atoms. The Balaban J connectivity index is 1.19. The normalized spacial score (nSPS) is 20.3. The fraction of sp³-hybridized carbons (Fsp3) is 0.333. The predicted molar refractivity (Wildman–Crippen MR) is 186 cm³/mol. The summed E-state index contributed by atoms with van der Waals surface area (Å²) in [6.07, 6.45) is 1.45. The van der Waals surface area contributed by atoms with Gasteiger partial charge in [0, 0.05) is 23.4 Å². The van der Waals surface area contributed by atoms with Crippen LogP contribution in [0.3, 0.4) is 0 Å². The van der Waals surface area contributed by atoms with Gasteiger partial charge < -0.3 is 9.80 Å². The number of rotatable bonds is 7. The molecule has 0 radical (unpaired) electrons. The summed E-state index contributed by atoms with van der Waals surface area (Å²) in [5, 5.41) is 16.8. The molecule has 2 saturated carbocycles. The number of quaternary nitrogens is 1. The number of amides is 1. The molecule has 0 aliphatic heterocycles. The number of imidazole rings is 1. The second-order valence-corrected chi connectivity index (χ2v) is 14.5. The number of nitrogens with zero attached hydrogens (tertiary/aromatic N) is 6. The Kier molecular flexibility index (Phi) is 8.50. The van der Waals surface area contributed by atoms with Crippen molar-refractivity contribution in [3.63, 3.8) is 0 Å². The maximum atomic E-state index is 14.2. The Morgan fingerprint density at radius 2 is 1.71 bits per heavy atom. The fourth-order valence-corrected chi connectivity index (χ4v) is 8.18. The molecular formula is C39H39F3N7O2+. The zero-order chi connectivity index (χ0) is 36.1. The fourth-order valence-electron chi connectivity index (χ4n) is 8.18. The summed E-state index contributed by atoms with van der Waals surface area (Å²) in [5.74, 6) is 0. The minimum atomic E-state index is -4.63. The lowest BCUT2D eigenvalue weighted by Crippen LogP contribution is -2.47. The van der Waals surface area contributed by atoms with Gasteiger partial charge in [0.2, 0.25) is 0 Å². The minimum Gasteiger partial charge on any atom is -0.335 e. The van der Waals surface area contributed by atoms with Gasteiger partial charge in [-0.1, -0.05) is 36.4 Å². The highest BCUT2D eigenvalue weighted by molar-refractivity contribution is 5.83. The third-order valence-electron chi connectivity index (χ3n) is 10.8. The summed E-state index contributed by atoms with van der Waals surface area (Å²) in [4.78, 5) is 28.4. The van der Waals surface area contributed by atoms with Crippen molar-refractivity contribution in [1.29, 1.82) is 5.26 Å². The standard InChI is InChI=1S/C39H38F3N7O2/c1-26-35(33-18-21-44-48(33)31-14-12-27(24-43)13-15-31)47(37(51)46(26)32-11-7-10-29(22-32)39(40,41)42)36(50)45-30-16-19-38(20-17-30)23-34(38)49(2,3)25-28-8-5-4-6-9-28/h4-15,18,21-22,30,34H,16-17,19-20,23,25H2,1-3H3/p+1/t30?,34-,38?/m0/s1. The molecule has 9 nitrogen and oxygen atoms in total. The smallest absolute Gasteiger partial charge is 0.335 e. The van der Waals surface area contributed by atoms with Crippen LogP contribution >= 0.6 is 0 Å². The summed E-state index contributed by atoms with van der Waals surface area (Å²) in [6.45, 7) is 2.55. The molecule has 0 saturated heterocycles. The number of benzene rings is 3. The maximum Gasteiger partial charge on any atom is 0.416 e. The first-order valence-electron chi connectivity index (χ1n) is 17.1. The molecule has 51 heavy (non-hydrogen) atoms. The lowest BCUT2D eigenvalue weighted by Gasteiger charge is -2.36. The average molecular weight is 695 g/mol. The van der Waals surface area contributed by atoms with E-state index in [-0.39, 0.29) is 28.5 Å². The van der Waals surface area contributed by atoms with E-state index < -0.39 is 23.5 Å². The summed E-state index contributed by atoms with van der Waals surface area (Å²) in [7, 11) is 4.57. The Morgan fingerprint density at radius 3 is 2.37 bits per heavy atom. The number of hydrogen-bond donors (Lipinski definition) is 1. The molecule has 12 heteroatoms. The van der Waals surface area contributed by atoms with Gasteiger partial charge in [-0.15, -0.1) is 0 Å². The van der Waals surface area contributed by atoms with Crippen LogP contribution in [-0.4, -0.2) is 55.6 Å². The van der Waals surface area contributed by atoms with Crippen LogP contribution in [-0.2, 0) is 12.7 Å². The molecule has 7 rings (SSSR count). The van der Waals surface area contributed by atoms with Crippen molar-refractivity contribution in [2.75, 3.05) is 14.1 Å². The molecule has 0 unspecified atom stereocenters. The molecule has 1 amide bonds. The van der Waals surface area contributed by atoms with Crippen molar-refractivity contribution in [3.8, 4) is 28.8 Å². The van der Waals surface area contributed by atoms with Gasteiger partial charge in [0.25, 0.3) is 0 Å². The van der Waals surface area contributed by atoms with Crippen LogP contribution in [0.1, 0.15) is 54.5 Å². The first-order chi connectivity index (χ1) is 24.3. The van der Waals surface area contributed by atoms with Crippen molar-refractivity contribution in [2.24, 2.45) is 5.41 Å². The Labute approximate surface area is 293 Å². The summed E-state index contributed by atoms with van der Waals surface area (Å²) >= 11 is 0. The molecule has 3 aromatic carbocycles. The van der Waals surface area contributed by atoms with Crippen LogP contribution in [0.2, 0.25) is 0 Å². The van der Waals surface area contributed by atoms with Gasteiger partial charge in [-0.3, -0.25) is 4.57 Å². The van der Waals surface area contributed by atoms with E-state index in [9.17, 15) is 28.0 Å². The van der Waals surface area contributed by atoms with E-state index in [0.717, 1.165) is 64.4 Å². The minimum absolute atomic E-state index is 0.0137. The zero-order valence-corrected chi connectivity index (χ0v) is 28.7. The lowest BCUT2D eigenvalue weighted by atomic mass is 9.82. The molecule has 2 aromatic heterocycles. The van der Waals surface area contributed by atoms with Crippen LogP contribution in [0.25, 0.3) is 22.8 Å². The maximum absolute atomic E-state index is 14.2. The summed E-state index contributed by atoms with van der Waals surface area (Å²) in [6, 6.07) is 25.1. The van der Waals surface area contributed by atoms with Crippen LogP contribution in [0.15, 0.2) is 95.9 Å². The monoisotopic (exact) mass is 694 g/mol. The van der Waals surface area contributed by atoms with E-state index >= 15 is 0 Å². The number of nitrogens with one attached hydrogen (secondary N) is 1. The van der Waals surface area contributed by atoms with Crippen molar-refractivity contribution in [1.82, 2.24) is 24.2 Å². The third-order valence-corrected chi connectivity index (χ3v) is 10.8. The highest BCUT2D eigenvalue weighted by atomic mass is 19.4. The number of alkyl halides is 3.